The van der Waals surface area contributed by atoms with Gasteiger partial charge in [-0.1, -0.05) is 6.07 Å². The molecule has 1 aromatic carbocycles. The maximum atomic E-state index is 12.8. The molecule has 116 valence electrons. The molecule has 1 saturated heterocycles. The number of nitrogens with one attached hydrogen (secondary N) is 1. The largest absolute Gasteiger partial charge is 0.493 e. The van der Waals surface area contributed by atoms with E-state index < -0.39 is 0 Å². The van der Waals surface area contributed by atoms with Gasteiger partial charge in [0.1, 0.15) is 0 Å². The van der Waals surface area contributed by atoms with Crippen molar-refractivity contribution in [3.05, 3.63) is 23.8 Å². The highest BCUT2D eigenvalue weighted by atomic mass is 16.5. The minimum atomic E-state index is -0.0121. The number of para-hydroxylation sites is 1. The molecule has 0 saturated carbocycles. The zero-order valence-electron chi connectivity index (χ0n) is 13.0. The van der Waals surface area contributed by atoms with Crippen molar-refractivity contribution < 1.29 is 14.3 Å². The van der Waals surface area contributed by atoms with E-state index in [0.717, 1.165) is 19.5 Å². The van der Waals surface area contributed by atoms with Crippen LogP contribution < -0.4 is 14.8 Å². The second-order valence-corrected chi connectivity index (χ2v) is 5.18. The molecule has 1 N–H and O–H groups in total. The molecule has 2 rings (SSSR count). The summed E-state index contributed by atoms with van der Waals surface area (Å²) in [4.78, 5) is 14.6. The number of benzene rings is 1. The average molecular weight is 292 g/mol. The third-order valence-corrected chi connectivity index (χ3v) is 3.91. The summed E-state index contributed by atoms with van der Waals surface area (Å²) < 4.78 is 10.6. The number of hydrogen-bond donors (Lipinski definition) is 1. The van der Waals surface area contributed by atoms with E-state index in [0.29, 0.717) is 29.6 Å². The summed E-state index contributed by atoms with van der Waals surface area (Å²) in [6.45, 7) is 4.45. The van der Waals surface area contributed by atoms with Crippen LogP contribution in [0.1, 0.15) is 30.1 Å². The van der Waals surface area contributed by atoms with Crippen LogP contribution in [-0.4, -0.2) is 50.7 Å². The molecule has 1 heterocycles. The van der Waals surface area contributed by atoms with Crippen molar-refractivity contribution in [1.82, 2.24) is 10.2 Å². The first-order valence-electron chi connectivity index (χ1n) is 7.44. The summed E-state index contributed by atoms with van der Waals surface area (Å²) in [5, 5.41) is 3.43. The number of carbonyl (C=O) groups excluding carboxylic acids is 1. The van der Waals surface area contributed by atoms with Gasteiger partial charge in [-0.05, 0) is 38.4 Å². The Morgan fingerprint density at radius 1 is 1.38 bits per heavy atom. The van der Waals surface area contributed by atoms with E-state index in [-0.39, 0.29) is 5.91 Å². The molecule has 5 nitrogen and oxygen atoms in total. The van der Waals surface area contributed by atoms with Gasteiger partial charge in [0.15, 0.2) is 11.5 Å². The Kier molecular flexibility index (Phi) is 5.44. The Balaban J connectivity index is 2.20. The molecule has 0 aliphatic carbocycles. The molecule has 0 spiro atoms. The number of ether oxygens (including phenoxy) is 2. The first-order chi connectivity index (χ1) is 10.2. The number of methoxy groups -OCH3 is 2. The van der Waals surface area contributed by atoms with E-state index in [2.05, 4.69) is 5.32 Å². The van der Waals surface area contributed by atoms with Crippen molar-refractivity contribution >= 4 is 5.91 Å². The topological polar surface area (TPSA) is 50.8 Å². The standard InChI is InChI=1S/C16H24N2O3/c1-4-18(11-12-7-6-10-17-12)16(19)13-8-5-9-14(20-2)15(13)21-3/h5,8-9,12,17H,4,6-7,10-11H2,1-3H3. The maximum Gasteiger partial charge on any atom is 0.257 e. The van der Waals surface area contributed by atoms with Gasteiger partial charge in [-0.25, -0.2) is 0 Å². The lowest BCUT2D eigenvalue weighted by molar-refractivity contribution is 0.0747. The van der Waals surface area contributed by atoms with Gasteiger partial charge in [0, 0.05) is 19.1 Å². The number of rotatable bonds is 6. The molecule has 0 aromatic heterocycles. The van der Waals surface area contributed by atoms with Crippen LogP contribution in [-0.2, 0) is 0 Å². The predicted octanol–water partition coefficient (Wildman–Crippen LogP) is 1.92. The van der Waals surface area contributed by atoms with E-state index in [1.165, 1.54) is 6.42 Å². The second kappa shape index (κ2) is 7.31. The van der Waals surface area contributed by atoms with Crippen molar-refractivity contribution in [2.24, 2.45) is 0 Å². The fraction of sp³-hybridized carbons (Fsp3) is 0.562. The molecule has 1 unspecified atom stereocenters. The Morgan fingerprint density at radius 3 is 2.76 bits per heavy atom. The number of carbonyl (C=O) groups is 1. The summed E-state index contributed by atoms with van der Waals surface area (Å²) in [5.74, 6) is 1.07. The summed E-state index contributed by atoms with van der Waals surface area (Å²) in [5.41, 5.74) is 0.552. The lowest BCUT2D eigenvalue weighted by atomic mass is 10.1. The summed E-state index contributed by atoms with van der Waals surface area (Å²) in [6.07, 6.45) is 2.30. The number of hydrogen-bond acceptors (Lipinski definition) is 4. The molecule has 1 aromatic rings. The maximum absolute atomic E-state index is 12.8. The van der Waals surface area contributed by atoms with E-state index >= 15 is 0 Å². The van der Waals surface area contributed by atoms with Crippen molar-refractivity contribution in [2.75, 3.05) is 33.9 Å². The van der Waals surface area contributed by atoms with Crippen LogP contribution in [0.3, 0.4) is 0 Å². The summed E-state index contributed by atoms with van der Waals surface area (Å²) in [7, 11) is 3.13. The zero-order chi connectivity index (χ0) is 15.2. The van der Waals surface area contributed by atoms with Gasteiger partial charge in [-0.15, -0.1) is 0 Å². The molecular weight excluding hydrogens is 268 g/mol. The minimum Gasteiger partial charge on any atom is -0.493 e. The third-order valence-electron chi connectivity index (χ3n) is 3.91. The molecule has 1 amide bonds. The quantitative estimate of drug-likeness (QED) is 0.870. The first kappa shape index (κ1) is 15.6. The van der Waals surface area contributed by atoms with E-state index in [1.54, 1.807) is 26.4 Å². The lowest BCUT2D eigenvalue weighted by Gasteiger charge is -2.25. The van der Waals surface area contributed by atoms with Crippen molar-refractivity contribution in [2.45, 2.75) is 25.8 Å². The monoisotopic (exact) mass is 292 g/mol. The fourth-order valence-electron chi connectivity index (χ4n) is 2.76. The molecular formula is C16H24N2O3. The van der Waals surface area contributed by atoms with Gasteiger partial charge >= 0.3 is 0 Å². The number of nitrogens with zero attached hydrogens (tertiary/aromatic N) is 1. The Hall–Kier alpha value is -1.75. The lowest BCUT2D eigenvalue weighted by Crippen LogP contribution is -2.41. The van der Waals surface area contributed by atoms with Gasteiger partial charge in [0.2, 0.25) is 0 Å². The summed E-state index contributed by atoms with van der Waals surface area (Å²) in [6, 6.07) is 5.79. The van der Waals surface area contributed by atoms with Crippen LogP contribution in [0.2, 0.25) is 0 Å². The van der Waals surface area contributed by atoms with Crippen LogP contribution in [0.15, 0.2) is 18.2 Å². The Morgan fingerprint density at radius 2 is 2.19 bits per heavy atom. The Bertz CT molecular complexity index is 484. The van der Waals surface area contributed by atoms with Crippen molar-refractivity contribution in [1.29, 1.82) is 0 Å². The molecule has 1 aliphatic rings. The first-order valence-corrected chi connectivity index (χ1v) is 7.44. The van der Waals surface area contributed by atoms with Gasteiger partial charge < -0.3 is 19.7 Å². The molecule has 1 fully saturated rings. The van der Waals surface area contributed by atoms with E-state index in [4.69, 9.17) is 9.47 Å². The summed E-state index contributed by atoms with van der Waals surface area (Å²) >= 11 is 0. The van der Waals surface area contributed by atoms with Crippen LogP contribution in [0.25, 0.3) is 0 Å². The Labute approximate surface area is 126 Å². The van der Waals surface area contributed by atoms with Crippen molar-refractivity contribution in [3.8, 4) is 11.5 Å². The molecule has 21 heavy (non-hydrogen) atoms. The highest BCUT2D eigenvalue weighted by Gasteiger charge is 2.24. The van der Waals surface area contributed by atoms with Crippen LogP contribution in [0, 0.1) is 0 Å². The molecule has 1 atom stereocenters. The molecule has 1 aliphatic heterocycles. The minimum absolute atomic E-state index is 0.0121. The van der Waals surface area contributed by atoms with Gasteiger partial charge in [0.25, 0.3) is 5.91 Å². The van der Waals surface area contributed by atoms with E-state index in [9.17, 15) is 4.79 Å². The average Bonchev–Trinajstić information content (AvgIpc) is 3.04. The fourth-order valence-corrected chi connectivity index (χ4v) is 2.76. The van der Waals surface area contributed by atoms with Gasteiger partial charge in [-0.2, -0.15) is 0 Å². The number of likely N-dealkylation sites (N-methyl/N-ethyl adjacent to an activating group) is 1. The van der Waals surface area contributed by atoms with Crippen LogP contribution in [0.4, 0.5) is 0 Å². The highest BCUT2D eigenvalue weighted by Crippen LogP contribution is 2.31. The highest BCUT2D eigenvalue weighted by molar-refractivity contribution is 5.97. The number of amides is 1. The molecule has 5 heteroatoms. The van der Waals surface area contributed by atoms with Gasteiger partial charge in [-0.3, -0.25) is 4.79 Å². The van der Waals surface area contributed by atoms with Gasteiger partial charge in [0.05, 0.1) is 19.8 Å². The van der Waals surface area contributed by atoms with Crippen molar-refractivity contribution in [3.63, 3.8) is 0 Å². The molecule has 0 bridgehead atoms. The van der Waals surface area contributed by atoms with Crippen LogP contribution >= 0.6 is 0 Å². The molecule has 0 radical (unpaired) electrons. The smallest absolute Gasteiger partial charge is 0.257 e. The normalized spacial score (nSPS) is 17.6. The second-order valence-electron chi connectivity index (χ2n) is 5.18. The SMILES string of the molecule is CCN(CC1CCCN1)C(=O)c1cccc(OC)c1OC. The zero-order valence-corrected chi connectivity index (χ0v) is 13.0. The van der Waals surface area contributed by atoms with Crippen LogP contribution in [0.5, 0.6) is 11.5 Å². The predicted molar refractivity (Wildman–Crippen MR) is 82.1 cm³/mol. The third kappa shape index (κ3) is 3.47. The van der Waals surface area contributed by atoms with E-state index in [1.807, 2.05) is 17.9 Å².